The Balaban J connectivity index is 2.09. The van der Waals surface area contributed by atoms with Crippen LogP contribution in [0.25, 0.3) is 0 Å². The van der Waals surface area contributed by atoms with Gasteiger partial charge in [0.1, 0.15) is 11.6 Å². The van der Waals surface area contributed by atoms with E-state index in [1.165, 1.54) is 4.90 Å². The zero-order valence-corrected chi connectivity index (χ0v) is 22.8. The first kappa shape index (κ1) is 27.9. The smallest absolute Gasteiger partial charge is 0.312 e. The van der Waals surface area contributed by atoms with Gasteiger partial charge in [-0.15, -0.1) is 13.2 Å². The van der Waals surface area contributed by atoms with E-state index in [-0.39, 0.29) is 41.8 Å². The molecule has 9 heteroatoms. The lowest BCUT2D eigenvalue weighted by Gasteiger charge is -2.40. The minimum atomic E-state index is -1.17. The third kappa shape index (κ3) is 4.83. The normalized spacial score (nSPS) is 32.2. The largest absolute Gasteiger partial charge is 0.465 e. The molecule has 3 saturated heterocycles. The maximum Gasteiger partial charge on any atom is 0.312 e. The van der Waals surface area contributed by atoms with Crippen LogP contribution in [0.5, 0.6) is 0 Å². The zero-order chi connectivity index (χ0) is 26.1. The van der Waals surface area contributed by atoms with Crippen LogP contribution in [0, 0.1) is 17.8 Å². The van der Waals surface area contributed by atoms with Crippen LogP contribution in [0.1, 0.15) is 47.0 Å². The quantitative estimate of drug-likeness (QED) is 0.172. The second kappa shape index (κ2) is 11.1. The molecule has 7 atom stereocenters. The molecule has 0 aromatic heterocycles. The van der Waals surface area contributed by atoms with Crippen molar-refractivity contribution in [2.24, 2.45) is 17.8 Å². The van der Waals surface area contributed by atoms with Gasteiger partial charge in [-0.1, -0.05) is 41.9 Å². The van der Waals surface area contributed by atoms with Crippen LogP contribution in [-0.2, 0) is 23.9 Å². The van der Waals surface area contributed by atoms with Crippen LogP contribution >= 0.6 is 15.9 Å². The van der Waals surface area contributed by atoms with E-state index in [1.807, 2.05) is 27.7 Å². The molecule has 0 radical (unpaired) electrons. The minimum absolute atomic E-state index is 0.136. The first-order valence-corrected chi connectivity index (χ1v) is 13.4. The number of halogens is 1. The first-order chi connectivity index (χ1) is 16.5. The average Bonchev–Trinajstić information content (AvgIpc) is 3.38. The van der Waals surface area contributed by atoms with E-state index in [4.69, 9.17) is 9.47 Å². The monoisotopic (exact) mass is 554 g/mol. The van der Waals surface area contributed by atoms with E-state index >= 15 is 0 Å². The van der Waals surface area contributed by atoms with Crippen LogP contribution in [0.3, 0.4) is 0 Å². The average molecular weight is 556 g/mol. The Morgan fingerprint density at radius 1 is 1.31 bits per heavy atom. The summed E-state index contributed by atoms with van der Waals surface area (Å²) in [6.07, 6.45) is 4.19. The van der Waals surface area contributed by atoms with Gasteiger partial charge in [-0.05, 0) is 39.0 Å². The van der Waals surface area contributed by atoms with Gasteiger partial charge in [0.15, 0.2) is 0 Å². The molecule has 3 rings (SSSR count). The fourth-order valence-corrected chi connectivity index (χ4v) is 6.96. The third-order valence-electron chi connectivity index (χ3n) is 7.38. The molecule has 0 aromatic carbocycles. The van der Waals surface area contributed by atoms with Gasteiger partial charge in [-0.2, -0.15) is 0 Å². The lowest BCUT2D eigenvalue weighted by molar-refractivity contribution is -0.156. The van der Waals surface area contributed by atoms with Crippen molar-refractivity contribution >= 4 is 33.7 Å². The summed E-state index contributed by atoms with van der Waals surface area (Å²) in [5, 5.41) is 10.3. The van der Waals surface area contributed by atoms with Gasteiger partial charge in [0.2, 0.25) is 11.8 Å². The van der Waals surface area contributed by atoms with Gasteiger partial charge >= 0.3 is 5.97 Å². The number of hydrogen-bond donors (Lipinski definition) is 1. The van der Waals surface area contributed by atoms with Crippen molar-refractivity contribution in [2.45, 2.75) is 81.6 Å². The van der Waals surface area contributed by atoms with Gasteiger partial charge in [-0.25, -0.2) is 0 Å². The number of carbonyl (C=O) groups excluding carboxylic acids is 3. The number of esters is 1. The minimum Gasteiger partial charge on any atom is -0.465 e. The topological polar surface area (TPSA) is 96.4 Å². The van der Waals surface area contributed by atoms with Crippen molar-refractivity contribution in [1.29, 1.82) is 0 Å². The van der Waals surface area contributed by atoms with Crippen molar-refractivity contribution in [1.82, 2.24) is 9.80 Å². The molecule has 196 valence electrons. The van der Waals surface area contributed by atoms with Crippen LogP contribution < -0.4 is 0 Å². The Morgan fingerprint density at radius 2 is 2.00 bits per heavy atom. The van der Waals surface area contributed by atoms with Crippen LogP contribution in [0.15, 0.2) is 25.3 Å². The highest BCUT2D eigenvalue weighted by atomic mass is 79.9. The predicted octanol–water partition coefficient (Wildman–Crippen LogP) is 2.68. The molecule has 2 amide bonds. The van der Waals surface area contributed by atoms with Crippen molar-refractivity contribution in [3.63, 3.8) is 0 Å². The number of fused-ring (bicyclic) bond motifs is 1. The lowest BCUT2D eigenvalue weighted by atomic mass is 9.70. The summed E-state index contributed by atoms with van der Waals surface area (Å²) in [4.78, 5) is 44.4. The number of ether oxygens (including phenoxy) is 2. The predicted molar refractivity (Wildman–Crippen MR) is 136 cm³/mol. The summed E-state index contributed by atoms with van der Waals surface area (Å²) >= 11 is 3.66. The highest BCUT2D eigenvalue weighted by molar-refractivity contribution is 9.09. The van der Waals surface area contributed by atoms with Gasteiger partial charge in [0.05, 0.1) is 37.2 Å². The molecule has 2 bridgehead atoms. The number of hydrogen-bond acceptors (Lipinski definition) is 6. The van der Waals surface area contributed by atoms with Crippen LogP contribution in [0.4, 0.5) is 0 Å². The van der Waals surface area contributed by atoms with E-state index in [0.717, 1.165) is 0 Å². The number of nitrogens with zero attached hydrogens (tertiary/aromatic N) is 2. The number of likely N-dealkylation sites (tertiary alicyclic amines) is 1. The highest BCUT2D eigenvalue weighted by Crippen LogP contribution is 2.60. The SMILES string of the molecule is C=CCCOC(=O)[C@H]1[C@@H]2OC3(CC2Br)C(C(=O)N(CC=C)C(C)C)N([C@@H](CO)CC(C)C)C(=O)[C@H]13. The van der Waals surface area contributed by atoms with Gasteiger partial charge in [0, 0.05) is 17.4 Å². The molecule has 35 heavy (non-hydrogen) atoms. The molecule has 1 spiro atoms. The fourth-order valence-electron chi connectivity index (χ4n) is 6.02. The Bertz CT molecular complexity index is 848. The summed E-state index contributed by atoms with van der Waals surface area (Å²) in [6.45, 7) is 15.5. The summed E-state index contributed by atoms with van der Waals surface area (Å²) in [7, 11) is 0. The number of aliphatic hydroxyl groups is 1. The van der Waals surface area contributed by atoms with E-state index in [1.54, 1.807) is 17.1 Å². The van der Waals surface area contributed by atoms with E-state index in [2.05, 4.69) is 29.1 Å². The summed E-state index contributed by atoms with van der Waals surface area (Å²) in [5.41, 5.74) is -1.17. The van der Waals surface area contributed by atoms with Crippen molar-refractivity contribution in [3.05, 3.63) is 25.3 Å². The van der Waals surface area contributed by atoms with Crippen molar-refractivity contribution in [3.8, 4) is 0 Å². The molecule has 0 aromatic rings. The number of alkyl halides is 1. The Kier molecular flexibility index (Phi) is 8.86. The molecular weight excluding hydrogens is 516 g/mol. The maximum absolute atomic E-state index is 14.1. The molecule has 3 unspecified atom stereocenters. The molecule has 0 saturated carbocycles. The standard InChI is InChI=1S/C26H39BrN2O6/c1-7-9-11-34-25(33)19-20-23(31)29(17(14-30)12-15(3)4)22(24(32)28(10-8-2)16(5)6)26(20)13-18(27)21(19)35-26/h7-8,15-22,30H,1-2,9-14H2,3-6H3/t17-,18?,19-,20+,21-,22?,26?/m1/s1. The van der Waals surface area contributed by atoms with E-state index in [9.17, 15) is 19.5 Å². The van der Waals surface area contributed by atoms with Crippen molar-refractivity contribution < 1.29 is 29.0 Å². The number of carbonyl (C=O) groups is 3. The first-order valence-electron chi connectivity index (χ1n) is 12.5. The van der Waals surface area contributed by atoms with Gasteiger partial charge in [0.25, 0.3) is 0 Å². The number of amides is 2. The number of aliphatic hydroxyl groups excluding tert-OH is 1. The third-order valence-corrected chi connectivity index (χ3v) is 8.22. The maximum atomic E-state index is 14.1. The van der Waals surface area contributed by atoms with E-state index < -0.39 is 41.6 Å². The van der Waals surface area contributed by atoms with Crippen LogP contribution in [0.2, 0.25) is 0 Å². The highest BCUT2D eigenvalue weighted by Gasteiger charge is 2.77. The second-order valence-electron chi connectivity index (χ2n) is 10.5. The molecule has 1 N–H and O–H groups in total. The molecule has 3 aliphatic rings. The van der Waals surface area contributed by atoms with Gasteiger partial charge < -0.3 is 24.4 Å². The molecular formula is C26H39BrN2O6. The molecule has 3 fully saturated rings. The van der Waals surface area contributed by atoms with E-state index in [0.29, 0.717) is 25.8 Å². The van der Waals surface area contributed by atoms with Crippen LogP contribution in [-0.4, -0.2) is 87.1 Å². The number of rotatable bonds is 12. The molecule has 3 heterocycles. The molecule has 0 aliphatic carbocycles. The second-order valence-corrected chi connectivity index (χ2v) is 11.7. The lowest BCUT2D eigenvalue weighted by Crippen LogP contribution is -2.60. The zero-order valence-electron chi connectivity index (χ0n) is 21.2. The Labute approximate surface area is 216 Å². The summed E-state index contributed by atoms with van der Waals surface area (Å²) in [5.74, 6) is -2.55. The fraction of sp³-hybridized carbons (Fsp3) is 0.731. The Morgan fingerprint density at radius 3 is 2.54 bits per heavy atom. The van der Waals surface area contributed by atoms with Gasteiger partial charge in [-0.3, -0.25) is 14.4 Å². The Hall–Kier alpha value is -1.71. The summed E-state index contributed by atoms with van der Waals surface area (Å²) in [6, 6.07) is -1.65. The molecule has 8 nitrogen and oxygen atoms in total. The van der Waals surface area contributed by atoms with Crippen molar-refractivity contribution in [2.75, 3.05) is 19.8 Å². The summed E-state index contributed by atoms with van der Waals surface area (Å²) < 4.78 is 12.0. The molecule has 3 aliphatic heterocycles.